The number of rotatable bonds is 12. The first-order chi connectivity index (χ1) is 14.4. The van der Waals surface area contributed by atoms with Gasteiger partial charge in [0.25, 0.3) is 7.82 Å². The van der Waals surface area contributed by atoms with E-state index in [0.717, 1.165) is 0 Å². The van der Waals surface area contributed by atoms with Crippen molar-refractivity contribution in [2.75, 3.05) is 13.2 Å². The molecule has 31 heavy (non-hydrogen) atoms. The van der Waals surface area contributed by atoms with Crippen LogP contribution in [-0.4, -0.2) is 93.4 Å². The second kappa shape index (κ2) is 12.8. The van der Waals surface area contributed by atoms with Gasteiger partial charge in [-0.1, -0.05) is 13.8 Å². The molecule has 0 aliphatic heterocycles. The van der Waals surface area contributed by atoms with Gasteiger partial charge in [-0.2, -0.15) is 0 Å². The van der Waals surface area contributed by atoms with Gasteiger partial charge in [-0.3, -0.25) is 14.2 Å². The van der Waals surface area contributed by atoms with E-state index in [1.165, 1.54) is 0 Å². The van der Waals surface area contributed by atoms with E-state index in [1.807, 2.05) is 0 Å². The lowest BCUT2D eigenvalue weighted by molar-refractivity contribution is -0.261. The van der Waals surface area contributed by atoms with Crippen molar-refractivity contribution in [2.24, 2.45) is 0 Å². The zero-order valence-electron chi connectivity index (χ0n) is 17.2. The van der Waals surface area contributed by atoms with E-state index in [2.05, 4.69) is 9.05 Å². The highest BCUT2D eigenvalue weighted by molar-refractivity contribution is 7.45. The summed E-state index contributed by atoms with van der Waals surface area (Å²) in [4.78, 5) is 35.4. The molecule has 1 rings (SSSR count). The van der Waals surface area contributed by atoms with Gasteiger partial charge in [0.15, 0.2) is 6.10 Å². The summed E-state index contributed by atoms with van der Waals surface area (Å²) in [5.41, 5.74) is 0. The van der Waals surface area contributed by atoms with E-state index >= 15 is 0 Å². The van der Waals surface area contributed by atoms with Crippen LogP contribution in [0.25, 0.3) is 0 Å². The molecule has 182 valence electrons. The van der Waals surface area contributed by atoms with Gasteiger partial charge in [-0.15, -0.1) is 0 Å². The van der Waals surface area contributed by atoms with Crippen molar-refractivity contribution in [1.82, 2.24) is 0 Å². The Bertz CT molecular complexity index is 613. The van der Waals surface area contributed by atoms with Gasteiger partial charge in [-0.25, -0.2) is 0 Å². The average molecular weight is 473 g/mol. The Kier molecular flexibility index (Phi) is 11.5. The minimum Gasteiger partial charge on any atom is -0.756 e. The largest absolute Gasteiger partial charge is 0.756 e. The van der Waals surface area contributed by atoms with E-state index in [4.69, 9.17) is 9.47 Å². The van der Waals surface area contributed by atoms with E-state index in [0.29, 0.717) is 12.8 Å². The van der Waals surface area contributed by atoms with Crippen LogP contribution in [0, 0.1) is 0 Å². The molecule has 14 heteroatoms. The summed E-state index contributed by atoms with van der Waals surface area (Å²) < 4.78 is 31.2. The molecule has 0 aromatic heterocycles. The quantitative estimate of drug-likeness (QED) is 0.150. The van der Waals surface area contributed by atoms with Gasteiger partial charge >= 0.3 is 11.9 Å². The molecule has 13 nitrogen and oxygen atoms in total. The molecule has 0 radical (unpaired) electrons. The summed E-state index contributed by atoms with van der Waals surface area (Å²) in [6, 6.07) is 0. The Morgan fingerprint density at radius 3 is 1.87 bits per heavy atom. The Hall–Kier alpha value is -1.15. The minimum atomic E-state index is -5.29. The van der Waals surface area contributed by atoms with E-state index < -0.39 is 75.7 Å². The third kappa shape index (κ3) is 8.72. The average Bonchev–Trinajstić information content (AvgIpc) is 2.70. The topological polar surface area (TPSA) is 212 Å². The number of carbonyl (C=O) groups is 2. The third-order valence-electron chi connectivity index (χ3n) is 4.38. The number of hydrogen-bond acceptors (Lipinski definition) is 13. The van der Waals surface area contributed by atoms with Gasteiger partial charge in [-0.05, 0) is 12.8 Å². The highest BCUT2D eigenvalue weighted by Gasteiger charge is 2.50. The lowest BCUT2D eigenvalue weighted by Crippen LogP contribution is -2.64. The van der Waals surface area contributed by atoms with Gasteiger partial charge in [0, 0.05) is 12.8 Å². The van der Waals surface area contributed by atoms with Crippen LogP contribution >= 0.6 is 7.82 Å². The monoisotopic (exact) mass is 473 g/mol. The SMILES string of the molecule is CCCC(=O)OC[C@H](COP(=O)([O-])OC1[C@H](O)[C@H](O)C(O)[C@H](O)[C@H]1O)OC(=O)CCC. The summed E-state index contributed by atoms with van der Waals surface area (Å²) in [7, 11) is -5.29. The van der Waals surface area contributed by atoms with Crippen molar-refractivity contribution in [3.8, 4) is 0 Å². The zero-order chi connectivity index (χ0) is 23.8. The van der Waals surface area contributed by atoms with Crippen molar-refractivity contribution in [2.45, 2.75) is 82.3 Å². The van der Waals surface area contributed by atoms with Crippen LogP contribution in [-0.2, 0) is 32.7 Å². The maximum Gasteiger partial charge on any atom is 0.306 e. The second-order valence-corrected chi connectivity index (χ2v) is 8.42. The summed E-state index contributed by atoms with van der Waals surface area (Å²) in [5, 5.41) is 48.5. The molecule has 1 aliphatic rings. The molecule has 3 unspecified atom stereocenters. The molecule has 0 heterocycles. The molecule has 1 saturated carbocycles. The van der Waals surface area contributed by atoms with Crippen LogP contribution < -0.4 is 4.89 Å². The number of ether oxygens (including phenoxy) is 2. The molecule has 0 aromatic rings. The molecule has 5 N–H and O–H groups in total. The molecule has 0 amide bonds. The highest BCUT2D eigenvalue weighted by Crippen LogP contribution is 2.43. The van der Waals surface area contributed by atoms with Crippen LogP contribution in [0.5, 0.6) is 0 Å². The molecular weight excluding hydrogens is 443 g/mol. The van der Waals surface area contributed by atoms with Gasteiger partial charge in [0.05, 0.1) is 6.61 Å². The van der Waals surface area contributed by atoms with E-state index in [1.54, 1.807) is 13.8 Å². The Morgan fingerprint density at radius 1 is 0.871 bits per heavy atom. The first-order valence-corrected chi connectivity index (χ1v) is 11.3. The van der Waals surface area contributed by atoms with Crippen molar-refractivity contribution < 1.29 is 63.1 Å². The lowest BCUT2D eigenvalue weighted by atomic mass is 9.85. The van der Waals surface area contributed by atoms with Crippen LogP contribution in [0.15, 0.2) is 0 Å². The van der Waals surface area contributed by atoms with Crippen LogP contribution in [0.2, 0.25) is 0 Å². The normalized spacial score (nSPS) is 31.5. The van der Waals surface area contributed by atoms with Crippen LogP contribution in [0.1, 0.15) is 39.5 Å². The first kappa shape index (κ1) is 27.9. The molecule has 0 aromatic carbocycles. The van der Waals surface area contributed by atoms with Crippen molar-refractivity contribution >= 4 is 19.8 Å². The zero-order valence-corrected chi connectivity index (χ0v) is 18.1. The summed E-state index contributed by atoms with van der Waals surface area (Å²) >= 11 is 0. The maximum absolute atomic E-state index is 12.1. The summed E-state index contributed by atoms with van der Waals surface area (Å²) in [6.07, 6.45) is -12.3. The molecule has 0 bridgehead atoms. The molecule has 1 fully saturated rings. The number of hydrogen-bond donors (Lipinski definition) is 5. The number of phosphoric ester groups is 1. The number of phosphoric acid groups is 1. The molecule has 0 saturated heterocycles. The van der Waals surface area contributed by atoms with Gasteiger partial charge < -0.3 is 48.9 Å². The molecule has 0 spiro atoms. The van der Waals surface area contributed by atoms with Gasteiger partial charge in [0.2, 0.25) is 0 Å². The Morgan fingerprint density at radius 2 is 1.35 bits per heavy atom. The predicted octanol–water partition coefficient (Wildman–Crippen LogP) is -2.27. The molecular formula is C17H30O13P-. The fourth-order valence-electron chi connectivity index (χ4n) is 2.70. The standard InChI is InChI=1S/C17H31O13P/c1-3-5-10(18)27-7-9(29-11(19)6-4-2)8-28-31(25,26)30-17-15(23)13(21)12(20)14(22)16(17)24/h9,12-17,20-24H,3-8H2,1-2H3,(H,25,26)/p-1/t9-,12?,13-,14+,15-,16-,17?/m1/s1. The number of aliphatic hydroxyl groups is 5. The minimum absolute atomic E-state index is 0.0313. The first-order valence-electron chi connectivity index (χ1n) is 9.82. The van der Waals surface area contributed by atoms with Crippen molar-refractivity contribution in [3.05, 3.63) is 0 Å². The number of esters is 2. The van der Waals surface area contributed by atoms with Gasteiger partial charge in [0.1, 0.15) is 43.2 Å². The smallest absolute Gasteiger partial charge is 0.306 e. The van der Waals surface area contributed by atoms with E-state index in [9.17, 15) is 44.6 Å². The Balaban J connectivity index is 2.76. The fourth-order valence-corrected chi connectivity index (χ4v) is 3.66. The molecule has 1 aliphatic carbocycles. The van der Waals surface area contributed by atoms with E-state index in [-0.39, 0.29) is 12.8 Å². The molecule has 8 atom stereocenters. The maximum atomic E-state index is 12.1. The predicted molar refractivity (Wildman–Crippen MR) is 99.1 cm³/mol. The van der Waals surface area contributed by atoms with Crippen LogP contribution in [0.3, 0.4) is 0 Å². The van der Waals surface area contributed by atoms with Crippen molar-refractivity contribution in [1.29, 1.82) is 0 Å². The fraction of sp³-hybridized carbons (Fsp3) is 0.882. The number of carbonyl (C=O) groups excluding carboxylic acids is 2. The third-order valence-corrected chi connectivity index (χ3v) is 5.35. The van der Waals surface area contributed by atoms with Crippen molar-refractivity contribution in [3.63, 3.8) is 0 Å². The Labute approximate surface area is 179 Å². The summed E-state index contributed by atoms with van der Waals surface area (Å²) in [5.74, 6) is -1.27. The second-order valence-electron chi connectivity index (χ2n) is 7.06. The van der Waals surface area contributed by atoms with Crippen LogP contribution in [0.4, 0.5) is 0 Å². The summed E-state index contributed by atoms with van der Waals surface area (Å²) in [6.45, 7) is 2.18. The lowest BCUT2D eigenvalue weighted by Gasteiger charge is -2.43. The number of aliphatic hydroxyl groups excluding tert-OH is 5. The highest BCUT2D eigenvalue weighted by atomic mass is 31.2.